The molecule has 2 heterocycles. The molecule has 3 aromatic rings. The van der Waals surface area contributed by atoms with Gasteiger partial charge in [0, 0.05) is 49.5 Å². The van der Waals surface area contributed by atoms with Crippen LogP contribution >= 0.6 is 0 Å². The molecule has 0 unspecified atom stereocenters. The quantitative estimate of drug-likeness (QED) is 0.700. The SMILES string of the molecule is CCn1cc(-c2cccc(C(=O)N[C@@H](C)CN3CCc4ccccc4C3)c2)cn1. The molecule has 0 fully saturated rings. The van der Waals surface area contributed by atoms with Crippen LogP contribution in [0, 0.1) is 0 Å². The number of rotatable bonds is 6. The fourth-order valence-electron chi connectivity index (χ4n) is 3.98. The van der Waals surface area contributed by atoms with Crippen molar-refractivity contribution in [3.05, 3.63) is 77.6 Å². The molecule has 0 saturated heterocycles. The van der Waals surface area contributed by atoms with Gasteiger partial charge in [-0.15, -0.1) is 0 Å². The molecule has 0 radical (unpaired) electrons. The second kappa shape index (κ2) is 8.62. The van der Waals surface area contributed by atoms with E-state index in [1.54, 1.807) is 0 Å². The summed E-state index contributed by atoms with van der Waals surface area (Å²) in [6, 6.07) is 16.5. The Kier molecular flexibility index (Phi) is 5.76. The number of aryl methyl sites for hydroxylation is 1. The Labute approximate surface area is 172 Å². The predicted molar refractivity (Wildman–Crippen MR) is 116 cm³/mol. The van der Waals surface area contributed by atoms with E-state index in [0.717, 1.165) is 43.7 Å². The van der Waals surface area contributed by atoms with Gasteiger partial charge in [0.05, 0.1) is 6.20 Å². The molecule has 0 saturated carbocycles. The zero-order valence-electron chi connectivity index (χ0n) is 17.1. The van der Waals surface area contributed by atoms with Gasteiger partial charge in [0.25, 0.3) is 5.91 Å². The summed E-state index contributed by atoms with van der Waals surface area (Å²) in [4.78, 5) is 15.2. The summed E-state index contributed by atoms with van der Waals surface area (Å²) in [7, 11) is 0. The van der Waals surface area contributed by atoms with Crippen LogP contribution in [0.5, 0.6) is 0 Å². The number of carbonyl (C=O) groups is 1. The average molecular weight is 389 g/mol. The summed E-state index contributed by atoms with van der Waals surface area (Å²) >= 11 is 0. The Balaban J connectivity index is 1.37. The van der Waals surface area contributed by atoms with Crippen molar-refractivity contribution in [2.24, 2.45) is 0 Å². The number of nitrogens with one attached hydrogen (secondary N) is 1. The zero-order chi connectivity index (χ0) is 20.2. The van der Waals surface area contributed by atoms with Gasteiger partial charge in [-0.3, -0.25) is 14.4 Å². The van der Waals surface area contributed by atoms with Gasteiger partial charge < -0.3 is 5.32 Å². The number of hydrogen-bond acceptors (Lipinski definition) is 3. The normalized spacial score (nSPS) is 15.0. The monoisotopic (exact) mass is 388 g/mol. The summed E-state index contributed by atoms with van der Waals surface area (Å²) in [6.45, 7) is 7.81. The van der Waals surface area contributed by atoms with Gasteiger partial charge in [0.15, 0.2) is 0 Å². The Morgan fingerprint density at radius 3 is 2.76 bits per heavy atom. The van der Waals surface area contributed by atoms with Crippen molar-refractivity contribution in [2.45, 2.75) is 39.4 Å². The topological polar surface area (TPSA) is 50.2 Å². The molecule has 1 aromatic heterocycles. The van der Waals surface area contributed by atoms with E-state index in [1.165, 1.54) is 11.1 Å². The van der Waals surface area contributed by atoms with E-state index >= 15 is 0 Å². The minimum absolute atomic E-state index is 0.0281. The van der Waals surface area contributed by atoms with Crippen LogP contribution in [0.3, 0.4) is 0 Å². The molecule has 29 heavy (non-hydrogen) atoms. The number of carbonyl (C=O) groups excluding carboxylic acids is 1. The van der Waals surface area contributed by atoms with Crippen molar-refractivity contribution >= 4 is 5.91 Å². The second-order valence-corrected chi connectivity index (χ2v) is 7.79. The van der Waals surface area contributed by atoms with Crippen LogP contribution in [0.1, 0.15) is 35.3 Å². The van der Waals surface area contributed by atoms with Gasteiger partial charge in [-0.1, -0.05) is 36.4 Å². The number of nitrogens with zero attached hydrogens (tertiary/aromatic N) is 3. The van der Waals surface area contributed by atoms with Crippen molar-refractivity contribution in [2.75, 3.05) is 13.1 Å². The van der Waals surface area contributed by atoms with Crippen LogP contribution < -0.4 is 5.32 Å². The molecule has 5 nitrogen and oxygen atoms in total. The first kappa shape index (κ1) is 19.4. The fourth-order valence-corrected chi connectivity index (χ4v) is 3.98. The molecule has 5 heteroatoms. The third kappa shape index (κ3) is 4.57. The summed E-state index contributed by atoms with van der Waals surface area (Å²) < 4.78 is 1.89. The average Bonchev–Trinajstić information content (AvgIpc) is 3.23. The standard InChI is InChI=1S/C24H28N4O/c1-3-28-17-23(14-25-28)20-9-6-10-21(13-20)24(29)26-18(2)15-27-12-11-19-7-4-5-8-22(19)16-27/h4-10,13-14,17-18H,3,11-12,15-16H2,1-2H3,(H,26,29)/t18-/m0/s1. The van der Waals surface area contributed by atoms with Crippen molar-refractivity contribution < 1.29 is 4.79 Å². The van der Waals surface area contributed by atoms with Crippen LogP contribution in [0.25, 0.3) is 11.1 Å². The minimum atomic E-state index is -0.0281. The van der Waals surface area contributed by atoms with E-state index in [9.17, 15) is 4.79 Å². The smallest absolute Gasteiger partial charge is 0.251 e. The minimum Gasteiger partial charge on any atom is -0.348 e. The molecule has 1 amide bonds. The van der Waals surface area contributed by atoms with E-state index in [4.69, 9.17) is 0 Å². The lowest BCUT2D eigenvalue weighted by molar-refractivity contribution is 0.0927. The van der Waals surface area contributed by atoms with Crippen molar-refractivity contribution in [1.29, 1.82) is 0 Å². The summed E-state index contributed by atoms with van der Waals surface area (Å²) in [5.74, 6) is -0.0281. The summed E-state index contributed by atoms with van der Waals surface area (Å²) in [6.07, 6.45) is 4.93. The maximum absolute atomic E-state index is 12.8. The van der Waals surface area contributed by atoms with Gasteiger partial charge in [0.2, 0.25) is 0 Å². The highest BCUT2D eigenvalue weighted by Crippen LogP contribution is 2.21. The first-order valence-electron chi connectivity index (χ1n) is 10.3. The lowest BCUT2D eigenvalue weighted by atomic mass is 9.99. The molecule has 0 aliphatic carbocycles. The van der Waals surface area contributed by atoms with Crippen LogP contribution in [0.4, 0.5) is 0 Å². The van der Waals surface area contributed by atoms with Crippen molar-refractivity contribution in [1.82, 2.24) is 20.0 Å². The number of hydrogen-bond donors (Lipinski definition) is 1. The number of aromatic nitrogens is 2. The molecule has 2 aromatic carbocycles. The summed E-state index contributed by atoms with van der Waals surface area (Å²) in [5, 5.41) is 7.49. The van der Waals surface area contributed by atoms with Gasteiger partial charge in [-0.2, -0.15) is 5.10 Å². The molecule has 1 aliphatic heterocycles. The highest BCUT2D eigenvalue weighted by atomic mass is 16.1. The van der Waals surface area contributed by atoms with Crippen molar-refractivity contribution in [3.8, 4) is 11.1 Å². The first-order chi connectivity index (χ1) is 14.1. The Hall–Kier alpha value is -2.92. The lowest BCUT2D eigenvalue weighted by Crippen LogP contribution is -2.43. The Morgan fingerprint density at radius 2 is 1.97 bits per heavy atom. The van der Waals surface area contributed by atoms with E-state index < -0.39 is 0 Å². The molecular weight excluding hydrogens is 360 g/mol. The largest absolute Gasteiger partial charge is 0.348 e. The van der Waals surface area contributed by atoms with Gasteiger partial charge >= 0.3 is 0 Å². The maximum atomic E-state index is 12.8. The highest BCUT2D eigenvalue weighted by molar-refractivity contribution is 5.95. The molecule has 0 bridgehead atoms. The van der Waals surface area contributed by atoms with Crippen LogP contribution in [0.15, 0.2) is 60.9 Å². The Bertz CT molecular complexity index is 994. The van der Waals surface area contributed by atoms with Gasteiger partial charge in [-0.25, -0.2) is 0 Å². The van der Waals surface area contributed by atoms with E-state index in [0.29, 0.717) is 5.56 Å². The molecule has 1 aliphatic rings. The predicted octanol–water partition coefficient (Wildman–Crippen LogP) is 3.75. The molecular formula is C24H28N4O. The third-order valence-electron chi connectivity index (χ3n) is 5.53. The number of benzene rings is 2. The van der Waals surface area contributed by atoms with Gasteiger partial charge in [0.1, 0.15) is 0 Å². The third-order valence-corrected chi connectivity index (χ3v) is 5.53. The first-order valence-corrected chi connectivity index (χ1v) is 10.3. The van der Waals surface area contributed by atoms with Crippen LogP contribution in [0.2, 0.25) is 0 Å². The summed E-state index contributed by atoms with van der Waals surface area (Å²) in [5.41, 5.74) is 5.57. The van der Waals surface area contributed by atoms with Crippen molar-refractivity contribution in [3.63, 3.8) is 0 Å². The molecule has 150 valence electrons. The molecule has 1 N–H and O–H groups in total. The fraction of sp³-hybridized carbons (Fsp3) is 0.333. The molecule has 4 rings (SSSR count). The van der Waals surface area contributed by atoms with E-state index in [1.807, 2.05) is 41.3 Å². The lowest BCUT2D eigenvalue weighted by Gasteiger charge is -2.31. The highest BCUT2D eigenvalue weighted by Gasteiger charge is 2.19. The van der Waals surface area contributed by atoms with Gasteiger partial charge in [-0.05, 0) is 49.1 Å². The zero-order valence-corrected chi connectivity index (χ0v) is 17.1. The molecule has 1 atom stereocenters. The Morgan fingerprint density at radius 1 is 1.14 bits per heavy atom. The van der Waals surface area contributed by atoms with E-state index in [2.05, 4.69) is 53.4 Å². The number of fused-ring (bicyclic) bond motifs is 1. The maximum Gasteiger partial charge on any atom is 0.251 e. The van der Waals surface area contributed by atoms with Crippen LogP contribution in [-0.4, -0.2) is 39.7 Å². The second-order valence-electron chi connectivity index (χ2n) is 7.79. The van der Waals surface area contributed by atoms with E-state index in [-0.39, 0.29) is 11.9 Å². The molecule has 0 spiro atoms. The van der Waals surface area contributed by atoms with Crippen LogP contribution in [-0.2, 0) is 19.5 Å². The number of amides is 1.